The van der Waals surface area contributed by atoms with Crippen LogP contribution in [0.25, 0.3) is 10.2 Å². The van der Waals surface area contributed by atoms with Gasteiger partial charge in [0.05, 0.1) is 11.8 Å². The number of aryl methyl sites for hydroxylation is 1. The number of aromatic nitrogens is 1. The van der Waals surface area contributed by atoms with E-state index in [0.29, 0.717) is 10.6 Å². The van der Waals surface area contributed by atoms with Gasteiger partial charge in [0.2, 0.25) is 22.8 Å². The van der Waals surface area contributed by atoms with Crippen LogP contribution in [-0.2, 0) is 21.4 Å². The normalized spacial score (nSPS) is 15.0. The smallest absolute Gasteiger partial charge is 0.246 e. The van der Waals surface area contributed by atoms with Crippen LogP contribution < -0.4 is 14.9 Å². The second kappa shape index (κ2) is 7.34. The molecule has 1 N–H and O–H groups in total. The Morgan fingerprint density at radius 1 is 1.35 bits per heavy atom. The van der Waals surface area contributed by atoms with Gasteiger partial charge in [-0.15, -0.1) is 0 Å². The number of para-hydroxylation sites is 1. The number of fused-ring (bicyclic) bond motifs is 1. The third-order valence-corrected chi connectivity index (χ3v) is 5.20. The highest BCUT2D eigenvalue weighted by atomic mass is 32.1. The first-order chi connectivity index (χ1) is 12.4. The lowest BCUT2D eigenvalue weighted by Crippen LogP contribution is -2.41. The van der Waals surface area contributed by atoms with Crippen molar-refractivity contribution in [2.75, 3.05) is 13.7 Å². The lowest BCUT2D eigenvalue weighted by molar-refractivity contribution is -0.142. The van der Waals surface area contributed by atoms with Crippen molar-refractivity contribution in [1.29, 1.82) is 0 Å². The van der Waals surface area contributed by atoms with E-state index in [2.05, 4.69) is 10.3 Å². The van der Waals surface area contributed by atoms with Gasteiger partial charge in [-0.1, -0.05) is 17.4 Å². The lowest BCUT2D eigenvalue weighted by atomic mass is 10.3. The summed E-state index contributed by atoms with van der Waals surface area (Å²) < 4.78 is 8.15. The summed E-state index contributed by atoms with van der Waals surface area (Å²) in [5.74, 6) is -0.542. The number of carbonyl (C=O) groups excluding carboxylic acids is 3. The quantitative estimate of drug-likeness (QED) is 0.613. The minimum atomic E-state index is -0.552. The summed E-state index contributed by atoms with van der Waals surface area (Å²) >= 11 is 6.51. The van der Waals surface area contributed by atoms with Crippen LogP contribution in [0.1, 0.15) is 12.8 Å². The number of hydrogen-bond donors (Lipinski definition) is 1. The standard InChI is InChI=1S/C16H16N4O4S2/c1-19-14-9(24-2)4-3-5-10(14)26-16(19)18-15(25)17-11(21)8-20-12(22)6-7-13(20)23/h3-5H,6-8H2,1-2H3,(H,17,21,25). The zero-order valence-corrected chi connectivity index (χ0v) is 15.8. The molecule has 0 aliphatic carbocycles. The van der Waals surface area contributed by atoms with Crippen molar-refractivity contribution in [2.45, 2.75) is 12.8 Å². The molecular weight excluding hydrogens is 376 g/mol. The largest absolute Gasteiger partial charge is 0.495 e. The fraction of sp³-hybridized carbons (Fsp3) is 0.312. The Labute approximate surface area is 158 Å². The summed E-state index contributed by atoms with van der Waals surface area (Å²) in [7, 11) is 3.42. The van der Waals surface area contributed by atoms with Crippen LogP contribution in [0.3, 0.4) is 0 Å². The van der Waals surface area contributed by atoms with E-state index in [9.17, 15) is 14.4 Å². The van der Waals surface area contributed by atoms with Gasteiger partial charge in [-0.3, -0.25) is 24.6 Å². The van der Waals surface area contributed by atoms with E-state index in [0.717, 1.165) is 15.1 Å². The molecule has 3 rings (SSSR count). The predicted octanol–water partition coefficient (Wildman–Crippen LogP) is 0.699. The highest BCUT2D eigenvalue weighted by Crippen LogP contribution is 2.26. The Morgan fingerprint density at radius 2 is 2.04 bits per heavy atom. The highest BCUT2D eigenvalue weighted by molar-refractivity contribution is 7.80. The molecule has 10 heteroatoms. The number of ether oxygens (including phenoxy) is 1. The zero-order chi connectivity index (χ0) is 18.8. The third-order valence-electron chi connectivity index (χ3n) is 3.91. The van der Waals surface area contributed by atoms with E-state index in [1.807, 2.05) is 29.8 Å². The topological polar surface area (TPSA) is 93.0 Å². The van der Waals surface area contributed by atoms with Crippen LogP contribution in [0, 0.1) is 0 Å². The van der Waals surface area contributed by atoms with Crippen molar-refractivity contribution in [3.63, 3.8) is 0 Å². The maximum atomic E-state index is 12.0. The summed E-state index contributed by atoms with van der Waals surface area (Å²) in [5, 5.41) is 2.41. The number of thiocarbonyl (C=S) groups is 1. The molecule has 3 amide bonds. The predicted molar refractivity (Wildman–Crippen MR) is 99.6 cm³/mol. The zero-order valence-electron chi connectivity index (χ0n) is 14.1. The molecule has 1 aliphatic rings. The summed E-state index contributed by atoms with van der Waals surface area (Å²) in [6, 6.07) is 5.67. The average Bonchev–Trinajstić information content (AvgIpc) is 3.08. The number of carbonyl (C=O) groups is 3. The number of thiazole rings is 1. The van der Waals surface area contributed by atoms with E-state index in [4.69, 9.17) is 17.0 Å². The lowest BCUT2D eigenvalue weighted by Gasteiger charge is -2.12. The summed E-state index contributed by atoms with van der Waals surface area (Å²) in [5.41, 5.74) is 0.876. The van der Waals surface area contributed by atoms with Crippen LogP contribution in [0.15, 0.2) is 23.2 Å². The number of nitrogens with one attached hydrogen (secondary N) is 1. The second-order valence-corrected chi connectivity index (χ2v) is 6.99. The molecule has 1 saturated heterocycles. The van der Waals surface area contributed by atoms with Crippen molar-refractivity contribution >= 4 is 56.6 Å². The number of methoxy groups -OCH3 is 1. The minimum absolute atomic E-state index is 0.0322. The first kappa shape index (κ1) is 18.2. The molecule has 1 aromatic heterocycles. The van der Waals surface area contributed by atoms with Crippen LogP contribution in [0.4, 0.5) is 0 Å². The van der Waals surface area contributed by atoms with E-state index < -0.39 is 5.91 Å². The Hall–Kier alpha value is -2.59. The maximum Gasteiger partial charge on any atom is 0.246 e. The van der Waals surface area contributed by atoms with Gasteiger partial charge >= 0.3 is 0 Å². The molecular formula is C16H16N4O4S2. The van der Waals surface area contributed by atoms with Crippen LogP contribution in [0.5, 0.6) is 5.75 Å². The minimum Gasteiger partial charge on any atom is -0.495 e. The van der Waals surface area contributed by atoms with Crippen molar-refractivity contribution < 1.29 is 19.1 Å². The number of imide groups is 1. The summed E-state index contributed by atoms with van der Waals surface area (Å²) in [6.07, 6.45) is 0.279. The number of benzene rings is 1. The van der Waals surface area contributed by atoms with E-state index in [-0.39, 0.29) is 36.3 Å². The monoisotopic (exact) mass is 392 g/mol. The molecule has 0 atom stereocenters. The molecule has 2 aromatic rings. The molecule has 1 fully saturated rings. The molecule has 26 heavy (non-hydrogen) atoms. The molecule has 1 aromatic carbocycles. The van der Waals surface area contributed by atoms with Crippen molar-refractivity contribution in [2.24, 2.45) is 12.0 Å². The third kappa shape index (κ3) is 3.51. The molecule has 0 spiro atoms. The van der Waals surface area contributed by atoms with Crippen LogP contribution in [0.2, 0.25) is 0 Å². The Balaban J connectivity index is 1.78. The fourth-order valence-corrected chi connectivity index (χ4v) is 3.96. The van der Waals surface area contributed by atoms with Crippen molar-refractivity contribution in [1.82, 2.24) is 14.8 Å². The molecule has 2 heterocycles. The Kier molecular flexibility index (Phi) is 5.14. The first-order valence-electron chi connectivity index (χ1n) is 7.75. The van der Waals surface area contributed by atoms with Gasteiger partial charge in [-0.05, 0) is 24.4 Å². The van der Waals surface area contributed by atoms with Crippen LogP contribution in [-0.4, -0.2) is 46.0 Å². The second-order valence-electron chi connectivity index (χ2n) is 5.59. The van der Waals surface area contributed by atoms with Gasteiger partial charge in [0.15, 0.2) is 4.80 Å². The Bertz CT molecular complexity index is 976. The van der Waals surface area contributed by atoms with E-state index in [1.165, 1.54) is 11.3 Å². The van der Waals surface area contributed by atoms with Crippen molar-refractivity contribution in [3.05, 3.63) is 23.0 Å². The Morgan fingerprint density at radius 3 is 2.69 bits per heavy atom. The van der Waals surface area contributed by atoms with E-state index >= 15 is 0 Å². The molecule has 0 bridgehead atoms. The van der Waals surface area contributed by atoms with E-state index in [1.54, 1.807) is 7.11 Å². The number of amides is 3. The van der Waals surface area contributed by atoms with Crippen molar-refractivity contribution in [3.8, 4) is 5.75 Å². The number of nitrogens with zero attached hydrogens (tertiary/aromatic N) is 3. The summed E-state index contributed by atoms with van der Waals surface area (Å²) in [6.45, 7) is -0.348. The molecule has 8 nitrogen and oxygen atoms in total. The van der Waals surface area contributed by atoms with Gasteiger partial charge in [-0.2, -0.15) is 4.99 Å². The van der Waals surface area contributed by atoms with Gasteiger partial charge in [0, 0.05) is 19.9 Å². The maximum absolute atomic E-state index is 12.0. The van der Waals surface area contributed by atoms with Gasteiger partial charge < -0.3 is 9.30 Å². The average molecular weight is 392 g/mol. The molecule has 136 valence electrons. The number of rotatable bonds is 3. The number of likely N-dealkylation sites (tertiary alicyclic amines) is 1. The SMILES string of the molecule is COc1cccc2sc(=NC(=S)NC(=O)CN3C(=O)CCC3=O)n(C)c12. The van der Waals surface area contributed by atoms with Gasteiger partial charge in [0.25, 0.3) is 0 Å². The van der Waals surface area contributed by atoms with Crippen LogP contribution >= 0.6 is 23.6 Å². The number of hydrogen-bond acceptors (Lipinski definition) is 6. The molecule has 0 unspecified atom stereocenters. The first-order valence-corrected chi connectivity index (χ1v) is 8.97. The fourth-order valence-electron chi connectivity index (χ4n) is 2.66. The molecule has 0 saturated carbocycles. The van der Waals surface area contributed by atoms with Gasteiger partial charge in [0.1, 0.15) is 17.8 Å². The highest BCUT2D eigenvalue weighted by Gasteiger charge is 2.30. The summed E-state index contributed by atoms with van der Waals surface area (Å²) in [4.78, 5) is 40.9. The molecule has 0 radical (unpaired) electrons. The van der Waals surface area contributed by atoms with Gasteiger partial charge in [-0.25, -0.2) is 0 Å². The molecule has 1 aliphatic heterocycles.